The monoisotopic (exact) mass is 1140 g/mol. The van der Waals surface area contributed by atoms with Gasteiger partial charge in [0.15, 0.2) is 0 Å². The smallest absolute Gasteiger partial charge is 0.248 e. The van der Waals surface area contributed by atoms with E-state index < -0.39 is 55.8 Å². The van der Waals surface area contributed by atoms with E-state index in [4.69, 9.17) is 109 Å². The number of allylic oxidation sites excluding steroid dienone is 12. The Morgan fingerprint density at radius 3 is 0.662 bits per heavy atom. The van der Waals surface area contributed by atoms with E-state index in [0.29, 0.717) is 0 Å². The highest BCUT2D eigenvalue weighted by atomic mass is 35.7. The van der Waals surface area contributed by atoms with Crippen LogP contribution in [-0.4, -0.2) is 56.5 Å². The van der Waals surface area contributed by atoms with Crippen molar-refractivity contribution in [3.63, 3.8) is 0 Å². The summed E-state index contributed by atoms with van der Waals surface area (Å²) in [6.45, 7) is 0. The molecule has 344 valence electrons. The molecule has 4 aromatic rings. The summed E-state index contributed by atoms with van der Waals surface area (Å²) in [5.41, 5.74) is 2.46. The number of benzene rings is 4. The second-order valence-electron chi connectivity index (χ2n) is 14.6. The van der Waals surface area contributed by atoms with Crippen molar-refractivity contribution in [2.24, 2.45) is 20.0 Å². The van der Waals surface area contributed by atoms with Gasteiger partial charge in [-0.3, -0.25) is 0 Å². The average molecular weight is 1140 g/mol. The van der Waals surface area contributed by atoms with Gasteiger partial charge in [0.1, 0.15) is 19.6 Å². The lowest BCUT2D eigenvalue weighted by Crippen LogP contribution is -2.06. The summed E-state index contributed by atoms with van der Waals surface area (Å²) in [6, 6.07) is 16.7. The van der Waals surface area contributed by atoms with Crippen LogP contribution in [0.1, 0.15) is 22.3 Å². The van der Waals surface area contributed by atoms with Gasteiger partial charge in [-0.25, -0.2) is 53.6 Å². The van der Waals surface area contributed by atoms with Gasteiger partial charge in [0.2, 0.25) is 0 Å². The molecule has 5 heterocycles. The summed E-state index contributed by atoms with van der Waals surface area (Å²) in [6.07, 6.45) is 12.6. The predicted octanol–water partition coefficient (Wildman–Crippen LogP) is 12.0. The Kier molecular flexibility index (Phi) is 12.7. The molecule has 0 unspecified atom stereocenters. The van der Waals surface area contributed by atoms with E-state index >= 15 is 0 Å². The Labute approximate surface area is 426 Å². The van der Waals surface area contributed by atoms with Crippen molar-refractivity contribution in [3.05, 3.63) is 187 Å². The lowest BCUT2D eigenvalue weighted by atomic mass is 9.98. The molecule has 5 aliphatic heterocycles. The van der Waals surface area contributed by atoms with Crippen molar-refractivity contribution in [3.8, 4) is 0 Å². The molecule has 0 amide bonds. The second kappa shape index (κ2) is 17.8. The van der Waals surface area contributed by atoms with Crippen LogP contribution >= 0.6 is 89.1 Å². The van der Waals surface area contributed by atoms with Gasteiger partial charge in [0, 0.05) is 87.3 Å². The summed E-state index contributed by atoms with van der Waals surface area (Å²) in [4.78, 5) is 18.3. The molecule has 0 aliphatic carbocycles. The van der Waals surface area contributed by atoms with Gasteiger partial charge in [0.25, 0.3) is 36.2 Å². The zero-order valence-electron chi connectivity index (χ0n) is 33.3. The van der Waals surface area contributed by atoms with Crippen molar-refractivity contribution in [1.82, 2.24) is 0 Å². The molecular weight excluding hydrogens is 1120 g/mol. The zero-order chi connectivity index (χ0) is 48.8. The lowest BCUT2D eigenvalue weighted by molar-refractivity contribution is 0.608. The van der Waals surface area contributed by atoms with Crippen molar-refractivity contribution >= 4 is 170 Å². The number of fused-ring (bicyclic) bond motifs is 4. The third-order valence-electron chi connectivity index (χ3n) is 10.6. The minimum atomic E-state index is -4.41. The minimum Gasteiger partial charge on any atom is -0.248 e. The van der Waals surface area contributed by atoms with Crippen molar-refractivity contribution in [1.29, 1.82) is 0 Å². The van der Waals surface area contributed by atoms with Crippen molar-refractivity contribution in [2.75, 3.05) is 0 Å². The van der Waals surface area contributed by atoms with Crippen LogP contribution in [0.2, 0.25) is 20.1 Å². The lowest BCUT2D eigenvalue weighted by Gasteiger charge is -2.15. The van der Waals surface area contributed by atoms with E-state index in [1.807, 2.05) is 0 Å². The van der Waals surface area contributed by atoms with Gasteiger partial charge in [-0.05, 0) is 72.9 Å². The Hall–Kier alpha value is -4.40. The van der Waals surface area contributed by atoms with Crippen molar-refractivity contribution in [2.45, 2.75) is 19.6 Å². The van der Waals surface area contributed by atoms with Gasteiger partial charge >= 0.3 is 0 Å². The molecule has 0 spiro atoms. The second-order valence-corrected chi connectivity index (χ2v) is 26.2. The summed E-state index contributed by atoms with van der Waals surface area (Å²) < 4.78 is 102. The normalized spacial score (nSPS) is 17.2. The van der Waals surface area contributed by atoms with Gasteiger partial charge in [0.05, 0.1) is 65.7 Å². The highest BCUT2D eigenvalue weighted by molar-refractivity contribution is 8.14. The van der Waals surface area contributed by atoms with Gasteiger partial charge < -0.3 is 0 Å². The number of rotatable bonds is 8. The molecule has 0 N–H and O–H groups in total. The first kappa shape index (κ1) is 48.6. The Balaban J connectivity index is 1.45. The summed E-state index contributed by atoms with van der Waals surface area (Å²) in [5, 5.41) is -1.12. The van der Waals surface area contributed by atoms with Gasteiger partial charge in [-0.15, -0.1) is 0 Å². The molecule has 68 heavy (non-hydrogen) atoms. The van der Waals surface area contributed by atoms with Crippen LogP contribution in [0.5, 0.6) is 0 Å². The van der Waals surface area contributed by atoms with Crippen LogP contribution in [0.3, 0.4) is 0 Å². The maximum Gasteiger partial charge on any atom is 0.262 e. The molecule has 24 heteroatoms. The number of hydrogen-bond donors (Lipinski definition) is 0. The largest absolute Gasteiger partial charge is 0.262 e. The van der Waals surface area contributed by atoms with E-state index in [9.17, 15) is 33.7 Å². The molecule has 0 radical (unpaired) electrons. The minimum absolute atomic E-state index is 0.119. The Morgan fingerprint density at radius 2 is 0.485 bits per heavy atom. The van der Waals surface area contributed by atoms with Crippen LogP contribution < -0.4 is 0 Å². The highest BCUT2D eigenvalue weighted by Gasteiger charge is 2.33. The quantitative estimate of drug-likeness (QED) is 0.156. The molecule has 0 saturated carbocycles. The van der Waals surface area contributed by atoms with Crippen LogP contribution in [0, 0.1) is 0 Å². The van der Waals surface area contributed by atoms with Crippen LogP contribution in [0.15, 0.2) is 184 Å². The molecule has 0 saturated heterocycles. The molecule has 0 aromatic heterocycles. The highest BCUT2D eigenvalue weighted by Crippen LogP contribution is 2.45. The third-order valence-corrected chi connectivity index (χ3v) is 18.1. The number of halogens is 8. The fourth-order valence-corrected chi connectivity index (χ4v) is 14.1. The number of aliphatic imine (C=N–C) groups is 4. The molecule has 0 atom stereocenters. The Morgan fingerprint density at radius 1 is 0.294 bits per heavy atom. The van der Waals surface area contributed by atoms with E-state index in [1.54, 1.807) is 48.6 Å². The molecule has 8 bridgehead atoms. The van der Waals surface area contributed by atoms with E-state index in [1.165, 1.54) is 72.8 Å². The number of nitrogens with zero attached hydrogens (tertiary/aromatic N) is 4. The van der Waals surface area contributed by atoms with E-state index in [2.05, 4.69) is 0 Å². The summed E-state index contributed by atoms with van der Waals surface area (Å²) >= 11 is 27.5. The van der Waals surface area contributed by atoms with Gasteiger partial charge in [-0.1, -0.05) is 94.9 Å². The summed E-state index contributed by atoms with van der Waals surface area (Å²) in [7, 11) is 5.75. The first-order valence-corrected chi connectivity index (χ1v) is 29.7. The van der Waals surface area contributed by atoms with Crippen LogP contribution in [0.4, 0.5) is 0 Å². The molecule has 0 fully saturated rings. The van der Waals surface area contributed by atoms with Crippen molar-refractivity contribution < 1.29 is 33.7 Å². The predicted molar refractivity (Wildman–Crippen MR) is 272 cm³/mol. The SMILES string of the molecule is O=S(=O)(Cl)c1cccc(C2=C3C=CC(=N3)C(c3cccc(S(=O)(=O)Cl)c3Cl)=C3C=CC(=N3)C(c3cccc(S(=O)(=O)Cl)c3Cl)=C3C=CC(=N3)C(c3cccc(S(=O)(=O)Cl)c3Cl)=C3C=CC2=N3)c1Cl. The maximum atomic E-state index is 12.8. The maximum absolute atomic E-state index is 12.8. The molecular formula is C44H20Cl8N4O8S4. The van der Waals surface area contributed by atoms with Gasteiger partial charge in [-0.2, -0.15) is 0 Å². The molecule has 12 nitrogen and oxygen atoms in total. The fraction of sp³-hybridized carbons (Fsp3) is 0. The Bertz CT molecular complexity index is 3430. The topological polar surface area (TPSA) is 186 Å². The van der Waals surface area contributed by atoms with Crippen LogP contribution in [0.25, 0.3) is 22.3 Å². The zero-order valence-corrected chi connectivity index (χ0v) is 42.6. The molecule has 4 aromatic carbocycles. The van der Waals surface area contributed by atoms with Crippen LogP contribution in [-0.2, 0) is 36.2 Å². The van der Waals surface area contributed by atoms with E-state index in [-0.39, 0.29) is 110 Å². The molecule has 9 rings (SSSR count). The average Bonchev–Trinajstić information content (AvgIpc) is 4.09. The molecule has 5 aliphatic rings. The standard InChI is InChI=1S/C44H20Cl8N4O8S4/c45-41-21(5-1-9-33(41)65(49,57)58)37-25-13-15-27(53-25)38(22-6-2-10-34(42(22)46)66(50,59)60)29-17-19-31(55-29)40(24-8-4-12-36(44(24)48)68(52,63)64)32-20-18-30(56-32)39(28-16-14-26(37)54-28)23-7-3-11-35(43(23)47)67(51,61)62/h1-20H. The number of hydrogen-bond acceptors (Lipinski definition) is 12. The fourth-order valence-electron chi connectivity index (χ4n) is 7.76. The van der Waals surface area contributed by atoms with E-state index in [0.717, 1.165) is 0 Å². The first-order valence-electron chi connectivity index (χ1n) is 18.9. The summed E-state index contributed by atoms with van der Waals surface area (Å²) in [5.74, 6) is 0. The first-order chi connectivity index (χ1) is 31.9. The third kappa shape index (κ3) is 8.88.